The molecule has 2 aromatic rings. The zero-order chi connectivity index (χ0) is 16.6. The highest BCUT2D eigenvalue weighted by atomic mass is 32.2. The third-order valence-electron chi connectivity index (χ3n) is 3.86. The monoisotopic (exact) mass is 331 g/mol. The Morgan fingerprint density at radius 1 is 1.30 bits per heavy atom. The summed E-state index contributed by atoms with van der Waals surface area (Å²) < 4.78 is 1.76. The molecule has 1 aliphatic rings. The van der Waals surface area contributed by atoms with Gasteiger partial charge in [0, 0.05) is 12.2 Å². The third-order valence-corrected chi connectivity index (χ3v) is 4.88. The number of anilines is 1. The van der Waals surface area contributed by atoms with Crippen LogP contribution >= 0.6 is 11.8 Å². The molecular weight excluding hydrogens is 310 g/mol. The largest absolute Gasteiger partial charge is 0.311 e. The summed E-state index contributed by atoms with van der Waals surface area (Å²) in [6.07, 6.45) is 0.916. The number of carbonyl (C=O) groups is 1. The molecule has 1 aromatic heterocycles. The quantitative estimate of drug-likeness (QED) is 0.809. The summed E-state index contributed by atoms with van der Waals surface area (Å²) in [5, 5.41) is 12.3. The Kier molecular flexibility index (Phi) is 4.14. The first-order valence-electron chi connectivity index (χ1n) is 7.73. The number of aromatic nitrogens is 4. The van der Waals surface area contributed by atoms with Gasteiger partial charge in [-0.3, -0.25) is 4.79 Å². The van der Waals surface area contributed by atoms with Gasteiger partial charge in [0.1, 0.15) is 0 Å². The van der Waals surface area contributed by atoms with Crippen molar-refractivity contribution in [1.29, 1.82) is 0 Å². The van der Waals surface area contributed by atoms with Crippen molar-refractivity contribution in [1.82, 2.24) is 20.2 Å². The number of tetrazole rings is 1. The predicted molar refractivity (Wildman–Crippen MR) is 90.6 cm³/mol. The molecule has 0 bridgehead atoms. The fourth-order valence-electron chi connectivity index (χ4n) is 2.67. The lowest BCUT2D eigenvalue weighted by Gasteiger charge is -2.23. The average Bonchev–Trinajstić information content (AvgIpc) is 3.12. The maximum Gasteiger partial charge on any atom is 0.240 e. The number of rotatable bonds is 3. The predicted octanol–water partition coefficient (Wildman–Crippen LogP) is 2.50. The minimum absolute atomic E-state index is 0.100. The van der Waals surface area contributed by atoms with Crippen LogP contribution in [0.15, 0.2) is 29.4 Å². The maximum absolute atomic E-state index is 12.8. The summed E-state index contributed by atoms with van der Waals surface area (Å²) in [7, 11) is 0. The van der Waals surface area contributed by atoms with E-state index in [9.17, 15) is 4.79 Å². The number of fused-ring (bicyclic) bond motifs is 1. The van der Waals surface area contributed by atoms with Crippen molar-refractivity contribution in [3.63, 3.8) is 0 Å². The summed E-state index contributed by atoms with van der Waals surface area (Å²) in [6.45, 7) is 8.77. The molecule has 3 rings (SSSR count). The molecule has 0 saturated heterocycles. The second kappa shape index (κ2) is 5.96. The molecule has 0 fully saturated rings. The number of nitrogens with zero attached hydrogens (tertiary/aromatic N) is 5. The molecule has 6 nitrogen and oxygen atoms in total. The van der Waals surface area contributed by atoms with Crippen molar-refractivity contribution in [3.8, 4) is 0 Å². The second-order valence-corrected chi connectivity index (χ2v) is 7.98. The molecule has 1 aliphatic heterocycles. The van der Waals surface area contributed by atoms with Crippen molar-refractivity contribution in [2.75, 3.05) is 11.4 Å². The zero-order valence-corrected chi connectivity index (χ0v) is 14.7. The Hall–Kier alpha value is -1.89. The smallest absolute Gasteiger partial charge is 0.240 e. The minimum Gasteiger partial charge on any atom is -0.311 e. The molecule has 0 saturated carbocycles. The van der Waals surface area contributed by atoms with Crippen molar-refractivity contribution in [2.24, 2.45) is 0 Å². The van der Waals surface area contributed by atoms with Crippen molar-refractivity contribution in [3.05, 3.63) is 29.8 Å². The van der Waals surface area contributed by atoms with Gasteiger partial charge >= 0.3 is 0 Å². The molecule has 1 atom stereocenters. The molecule has 122 valence electrons. The summed E-state index contributed by atoms with van der Waals surface area (Å²) >= 11 is 1.41. The molecule has 0 N–H and O–H groups in total. The summed E-state index contributed by atoms with van der Waals surface area (Å²) in [5.41, 5.74) is 2.05. The fourth-order valence-corrected chi connectivity index (χ4v) is 3.71. The lowest BCUT2D eigenvalue weighted by molar-refractivity contribution is -0.117. The van der Waals surface area contributed by atoms with Gasteiger partial charge in [-0.1, -0.05) is 30.0 Å². The summed E-state index contributed by atoms with van der Waals surface area (Å²) in [5.74, 6) is 0.100. The van der Waals surface area contributed by atoms with Crippen LogP contribution in [0.3, 0.4) is 0 Å². The summed E-state index contributed by atoms with van der Waals surface area (Å²) in [4.78, 5) is 14.7. The molecule has 1 aromatic carbocycles. The van der Waals surface area contributed by atoms with E-state index >= 15 is 0 Å². The van der Waals surface area contributed by atoms with Crippen LogP contribution in [0, 0.1) is 0 Å². The van der Waals surface area contributed by atoms with Crippen LogP contribution in [0.25, 0.3) is 0 Å². The van der Waals surface area contributed by atoms with E-state index in [0.29, 0.717) is 5.16 Å². The van der Waals surface area contributed by atoms with Gasteiger partial charge in [0.05, 0.1) is 10.8 Å². The highest BCUT2D eigenvalue weighted by Crippen LogP contribution is 2.31. The van der Waals surface area contributed by atoms with E-state index in [1.807, 2.05) is 50.8 Å². The zero-order valence-electron chi connectivity index (χ0n) is 13.9. The molecule has 23 heavy (non-hydrogen) atoms. The van der Waals surface area contributed by atoms with E-state index in [1.54, 1.807) is 4.68 Å². The van der Waals surface area contributed by atoms with Gasteiger partial charge in [-0.25, -0.2) is 4.68 Å². The van der Waals surface area contributed by atoms with Crippen LogP contribution in [-0.2, 0) is 16.8 Å². The average molecular weight is 331 g/mol. The van der Waals surface area contributed by atoms with Crippen molar-refractivity contribution < 1.29 is 4.79 Å². The van der Waals surface area contributed by atoms with E-state index in [2.05, 4.69) is 21.6 Å². The Bertz CT molecular complexity index is 721. The first kappa shape index (κ1) is 16.0. The van der Waals surface area contributed by atoms with E-state index in [-0.39, 0.29) is 16.7 Å². The van der Waals surface area contributed by atoms with Gasteiger partial charge < -0.3 is 4.90 Å². The maximum atomic E-state index is 12.8. The van der Waals surface area contributed by atoms with Crippen LogP contribution < -0.4 is 4.90 Å². The number of amides is 1. The van der Waals surface area contributed by atoms with Crippen molar-refractivity contribution in [2.45, 2.75) is 50.1 Å². The van der Waals surface area contributed by atoms with Gasteiger partial charge in [-0.15, -0.1) is 5.10 Å². The Labute approximate surface area is 140 Å². The number of benzene rings is 1. The van der Waals surface area contributed by atoms with Gasteiger partial charge in [0.15, 0.2) is 0 Å². The van der Waals surface area contributed by atoms with Crippen LogP contribution in [-0.4, -0.2) is 37.9 Å². The Balaban J connectivity index is 1.76. The van der Waals surface area contributed by atoms with Crippen LogP contribution in [0.2, 0.25) is 0 Å². The SMILES string of the molecule is C[C@@H](Sc1nnnn1C(C)(C)C)C(=O)N1CCc2ccccc21. The van der Waals surface area contributed by atoms with E-state index in [1.165, 1.54) is 17.3 Å². The van der Waals surface area contributed by atoms with Gasteiger partial charge in [-0.05, 0) is 56.2 Å². The third kappa shape index (κ3) is 3.10. The van der Waals surface area contributed by atoms with Crippen LogP contribution in [0.5, 0.6) is 0 Å². The van der Waals surface area contributed by atoms with Crippen molar-refractivity contribution >= 4 is 23.4 Å². The molecule has 2 heterocycles. The fraction of sp³-hybridized carbons (Fsp3) is 0.500. The highest BCUT2D eigenvalue weighted by Gasteiger charge is 2.30. The minimum atomic E-state index is -0.242. The number of hydrogen-bond acceptors (Lipinski definition) is 5. The van der Waals surface area contributed by atoms with Gasteiger partial charge in [0.2, 0.25) is 11.1 Å². The molecule has 0 spiro atoms. The standard InChI is InChI=1S/C16H21N5OS/c1-11(23-15-17-18-19-21(15)16(2,3)4)14(22)20-10-9-12-7-5-6-8-13(12)20/h5-8,11H,9-10H2,1-4H3/t11-/m1/s1. The van der Waals surface area contributed by atoms with Crippen LogP contribution in [0.1, 0.15) is 33.3 Å². The lowest BCUT2D eigenvalue weighted by Crippen LogP contribution is -2.35. The number of thioether (sulfide) groups is 1. The topological polar surface area (TPSA) is 63.9 Å². The van der Waals surface area contributed by atoms with Gasteiger partial charge in [-0.2, -0.15) is 0 Å². The lowest BCUT2D eigenvalue weighted by atomic mass is 10.1. The normalized spacial score (nSPS) is 15.6. The molecule has 1 amide bonds. The Morgan fingerprint density at radius 2 is 2.04 bits per heavy atom. The first-order valence-corrected chi connectivity index (χ1v) is 8.60. The molecular formula is C16H21N5OS. The first-order chi connectivity index (χ1) is 10.9. The van der Waals surface area contributed by atoms with E-state index < -0.39 is 0 Å². The Morgan fingerprint density at radius 3 is 2.78 bits per heavy atom. The molecule has 0 unspecified atom stereocenters. The number of carbonyl (C=O) groups excluding carboxylic acids is 1. The summed E-state index contributed by atoms with van der Waals surface area (Å²) in [6, 6.07) is 8.09. The highest BCUT2D eigenvalue weighted by molar-refractivity contribution is 8.00. The van der Waals surface area contributed by atoms with E-state index in [4.69, 9.17) is 0 Å². The van der Waals surface area contributed by atoms with E-state index in [0.717, 1.165) is 18.7 Å². The second-order valence-electron chi connectivity index (χ2n) is 6.67. The van der Waals surface area contributed by atoms with Crippen LogP contribution in [0.4, 0.5) is 5.69 Å². The number of hydrogen-bond donors (Lipinski definition) is 0. The van der Waals surface area contributed by atoms with Gasteiger partial charge in [0.25, 0.3) is 0 Å². The molecule has 7 heteroatoms. The molecule has 0 aliphatic carbocycles. The molecule has 0 radical (unpaired) electrons. The number of para-hydroxylation sites is 1.